The second-order valence-corrected chi connectivity index (χ2v) is 14.4. The minimum Gasteiger partial charge on any atom is -0.394 e. The molecule has 1 rings (SSSR count). The van der Waals surface area contributed by atoms with Crippen LogP contribution < -0.4 is 17.6 Å². The Morgan fingerprint density at radius 3 is 2.00 bits per heavy atom. The molecule has 2 atom stereocenters. The predicted octanol–water partition coefficient (Wildman–Crippen LogP) is 6.78. The molecule has 0 spiro atoms. The maximum Gasteiger partial charge on any atom is 0.353 e. The average molecular weight is 627 g/mol. The second kappa shape index (κ2) is 26.1. The molecule has 0 amide bonds. The molecule has 0 saturated heterocycles. The van der Waals surface area contributed by atoms with Gasteiger partial charge in [-0.15, -0.1) is 0 Å². The minimum absolute atomic E-state index is 0. The summed E-state index contributed by atoms with van der Waals surface area (Å²) in [4.78, 5) is 25.4. The molecule has 7 N–H and O–H groups in total. The van der Waals surface area contributed by atoms with Crippen LogP contribution in [0, 0.1) is 0 Å². The van der Waals surface area contributed by atoms with Crippen molar-refractivity contribution in [3.63, 3.8) is 0 Å². The molecule has 0 bridgehead atoms. The molecule has 0 aromatic carbocycles. The van der Waals surface area contributed by atoms with Crippen LogP contribution in [0.3, 0.4) is 0 Å². The number of anilines is 1. The molecule has 0 aliphatic heterocycles. The first kappa shape index (κ1) is 39.4. The number of hydrogen-bond donors (Lipinski definition) is 4. The van der Waals surface area contributed by atoms with Crippen molar-refractivity contribution < 1.29 is 23.8 Å². The van der Waals surface area contributed by atoms with Crippen molar-refractivity contribution in [1.29, 1.82) is 0 Å². The van der Waals surface area contributed by atoms with E-state index in [0.717, 1.165) is 11.5 Å². The summed E-state index contributed by atoms with van der Waals surface area (Å²) in [6.45, 7) is 1.99. The highest BCUT2D eigenvalue weighted by molar-refractivity contribution is 8.76. The molecule has 0 radical (unpaired) electrons. The summed E-state index contributed by atoms with van der Waals surface area (Å²) in [6, 6.07) is 1.45. The van der Waals surface area contributed by atoms with Gasteiger partial charge in [-0.25, -0.2) is 4.79 Å². The zero-order valence-electron chi connectivity index (χ0n) is 24.6. The molecule has 236 valence electrons. The lowest BCUT2D eigenvalue weighted by Crippen LogP contribution is -2.32. The SMILES string of the molecule is CCCCCCCCCCCCCCCCSSCCCOP(=O)(O)CO[C@H](CO)Cn1ccc(N)nc1=O.N. The number of hydrogen-bond acceptors (Lipinski definition) is 10. The summed E-state index contributed by atoms with van der Waals surface area (Å²) in [5, 5.41) is 9.48. The Kier molecular flexibility index (Phi) is 25.7. The number of aliphatic hydroxyl groups excluding tert-OH is 1. The molecule has 0 fully saturated rings. The first-order valence-electron chi connectivity index (χ1n) is 14.6. The van der Waals surface area contributed by atoms with Crippen LogP contribution in [0.5, 0.6) is 0 Å². The summed E-state index contributed by atoms with van der Waals surface area (Å²) >= 11 is 0. The van der Waals surface area contributed by atoms with Gasteiger partial charge in [0.25, 0.3) is 0 Å². The van der Waals surface area contributed by atoms with Crippen molar-refractivity contribution in [2.45, 2.75) is 116 Å². The van der Waals surface area contributed by atoms with Gasteiger partial charge in [-0.1, -0.05) is 112 Å². The first-order chi connectivity index (χ1) is 18.9. The summed E-state index contributed by atoms with van der Waals surface area (Å²) in [6.07, 6.45) is 19.9. The van der Waals surface area contributed by atoms with E-state index in [9.17, 15) is 19.4 Å². The highest BCUT2D eigenvalue weighted by Gasteiger charge is 2.22. The van der Waals surface area contributed by atoms with Gasteiger partial charge >= 0.3 is 13.3 Å². The van der Waals surface area contributed by atoms with Gasteiger partial charge in [0.05, 0.1) is 25.9 Å². The molecule has 0 aliphatic carbocycles. The van der Waals surface area contributed by atoms with Crippen molar-refractivity contribution >= 4 is 35.0 Å². The maximum absolute atomic E-state index is 12.2. The smallest absolute Gasteiger partial charge is 0.353 e. The fourth-order valence-electron chi connectivity index (χ4n) is 4.00. The van der Waals surface area contributed by atoms with Gasteiger partial charge in [0.15, 0.2) is 0 Å². The lowest BCUT2D eigenvalue weighted by molar-refractivity contribution is 0.0168. The molecule has 1 aromatic heterocycles. The van der Waals surface area contributed by atoms with Gasteiger partial charge < -0.3 is 31.1 Å². The number of ether oxygens (including phenoxy) is 1. The summed E-state index contributed by atoms with van der Waals surface area (Å²) < 4.78 is 23.9. The Morgan fingerprint density at radius 2 is 1.48 bits per heavy atom. The predicted molar refractivity (Wildman–Crippen MR) is 170 cm³/mol. The van der Waals surface area contributed by atoms with E-state index >= 15 is 0 Å². The number of rotatable bonds is 27. The van der Waals surface area contributed by atoms with Crippen molar-refractivity contribution in [1.82, 2.24) is 15.7 Å². The van der Waals surface area contributed by atoms with Crippen LogP contribution >= 0.6 is 29.2 Å². The van der Waals surface area contributed by atoms with Gasteiger partial charge in [-0.05, 0) is 18.9 Å². The Hall–Kier alpha value is -0.590. The highest BCUT2D eigenvalue weighted by atomic mass is 33.1. The lowest BCUT2D eigenvalue weighted by Gasteiger charge is -2.19. The summed E-state index contributed by atoms with van der Waals surface area (Å²) in [5.41, 5.74) is 4.87. The standard InChI is InChI=1S/C27H52N3O6PS2.H3N/c1-2-3-4-5-6-7-8-9-10-11-12-13-14-15-20-38-39-21-16-19-36-37(33,34)24-35-25(23-31)22-30-18-17-26(28)29-27(30)32;/h17-18,25,31H,2-16,19-24H2,1H3,(H,33,34)(H2,28,29,32);1H3/t25-;/m0./s1. The van der Waals surface area contributed by atoms with E-state index in [0.29, 0.717) is 6.42 Å². The highest BCUT2D eigenvalue weighted by Crippen LogP contribution is 2.42. The minimum atomic E-state index is -3.95. The Labute approximate surface area is 249 Å². The topological polar surface area (TPSA) is 172 Å². The van der Waals surface area contributed by atoms with Crippen LogP contribution in [0.25, 0.3) is 0 Å². The third-order valence-corrected chi connectivity index (χ3v) is 9.94. The lowest BCUT2D eigenvalue weighted by atomic mass is 10.0. The second-order valence-electron chi connectivity index (χ2n) is 9.95. The van der Waals surface area contributed by atoms with Gasteiger partial charge in [0.2, 0.25) is 0 Å². The molecule has 0 saturated carbocycles. The summed E-state index contributed by atoms with van der Waals surface area (Å²) in [5.74, 6) is 2.07. The number of nitrogen functional groups attached to an aromatic ring is 1. The monoisotopic (exact) mass is 626 g/mol. The first-order valence-corrected chi connectivity index (χ1v) is 18.9. The number of nitrogens with zero attached hydrogens (tertiary/aromatic N) is 2. The van der Waals surface area contributed by atoms with Crippen molar-refractivity contribution in [2.75, 3.05) is 36.8 Å². The normalized spacial score (nSPS) is 13.6. The van der Waals surface area contributed by atoms with Crippen LogP contribution in [0.1, 0.15) is 103 Å². The van der Waals surface area contributed by atoms with E-state index in [2.05, 4.69) is 11.9 Å². The molecular formula is C27H55N4O6PS2. The van der Waals surface area contributed by atoms with Crippen LogP contribution in [-0.4, -0.2) is 56.7 Å². The summed E-state index contributed by atoms with van der Waals surface area (Å²) in [7, 11) is -0.330. The van der Waals surface area contributed by atoms with E-state index in [-0.39, 0.29) is 25.1 Å². The molecule has 40 heavy (non-hydrogen) atoms. The van der Waals surface area contributed by atoms with Crippen LogP contribution in [0.4, 0.5) is 5.82 Å². The average Bonchev–Trinajstić information content (AvgIpc) is 2.91. The van der Waals surface area contributed by atoms with Gasteiger partial charge in [0.1, 0.15) is 12.2 Å². The number of unbranched alkanes of at least 4 members (excludes halogenated alkanes) is 13. The van der Waals surface area contributed by atoms with E-state index in [1.807, 2.05) is 10.8 Å². The third kappa shape index (κ3) is 22.1. The Bertz CT molecular complexity index is 836. The number of aromatic nitrogens is 2. The third-order valence-electron chi connectivity index (χ3n) is 6.30. The number of nitrogens with two attached hydrogens (primary N) is 1. The van der Waals surface area contributed by atoms with Crippen LogP contribution in [0.2, 0.25) is 0 Å². The Morgan fingerprint density at radius 1 is 0.950 bits per heavy atom. The van der Waals surface area contributed by atoms with Crippen LogP contribution in [0.15, 0.2) is 17.1 Å². The largest absolute Gasteiger partial charge is 0.394 e. The van der Waals surface area contributed by atoms with E-state index in [1.165, 1.54) is 107 Å². The van der Waals surface area contributed by atoms with Crippen molar-refractivity contribution in [2.24, 2.45) is 0 Å². The van der Waals surface area contributed by atoms with Gasteiger partial charge in [-0.3, -0.25) is 9.13 Å². The van der Waals surface area contributed by atoms with E-state index in [4.69, 9.17) is 15.0 Å². The molecular weight excluding hydrogens is 571 g/mol. The Balaban J connectivity index is 0.0000152. The molecule has 1 unspecified atom stereocenters. The fourth-order valence-corrected chi connectivity index (χ4v) is 7.09. The molecule has 0 aliphatic rings. The zero-order chi connectivity index (χ0) is 28.6. The number of aliphatic hydroxyl groups is 1. The van der Waals surface area contributed by atoms with E-state index in [1.54, 1.807) is 10.8 Å². The maximum atomic E-state index is 12.2. The molecule has 1 aromatic rings. The molecule has 1 heterocycles. The van der Waals surface area contributed by atoms with Crippen molar-refractivity contribution in [3.05, 3.63) is 22.7 Å². The molecule has 10 nitrogen and oxygen atoms in total. The van der Waals surface area contributed by atoms with Crippen molar-refractivity contribution in [3.8, 4) is 0 Å². The van der Waals surface area contributed by atoms with Gasteiger partial charge in [-0.2, -0.15) is 4.98 Å². The zero-order valence-corrected chi connectivity index (χ0v) is 27.1. The quantitative estimate of drug-likeness (QED) is 0.0461. The molecule has 13 heteroatoms. The fraction of sp³-hybridized carbons (Fsp3) is 0.852. The van der Waals surface area contributed by atoms with E-state index < -0.39 is 32.3 Å². The van der Waals surface area contributed by atoms with Gasteiger partial charge in [0, 0.05) is 17.7 Å². The van der Waals surface area contributed by atoms with Crippen LogP contribution in [-0.2, 0) is 20.4 Å².